The molecule has 2 aliphatic heterocycles. The summed E-state index contributed by atoms with van der Waals surface area (Å²) in [6.45, 7) is 0.739. The zero-order valence-electron chi connectivity index (χ0n) is 18.5. The molecule has 1 aliphatic carbocycles. The Hall–Kier alpha value is -1.97. The number of benzene rings is 1. The Morgan fingerprint density at radius 1 is 1.24 bits per heavy atom. The number of hydrogen-bond acceptors (Lipinski definition) is 5. The summed E-state index contributed by atoms with van der Waals surface area (Å²) in [5, 5.41) is 5.75. The lowest BCUT2D eigenvalue weighted by Crippen LogP contribution is -2.53. The van der Waals surface area contributed by atoms with Crippen LogP contribution in [-0.2, 0) is 19.2 Å². The van der Waals surface area contributed by atoms with Gasteiger partial charge in [-0.1, -0.05) is 29.6 Å². The van der Waals surface area contributed by atoms with Gasteiger partial charge in [-0.15, -0.1) is 12.6 Å². The molecule has 0 bridgehead atoms. The monoisotopic (exact) mass is 527 g/mol. The molecule has 4 rings (SSSR count). The molecule has 5 atom stereocenters. The van der Waals surface area contributed by atoms with Crippen LogP contribution >= 0.6 is 35.8 Å². The fourth-order valence-electron chi connectivity index (χ4n) is 5.35. The first-order valence-corrected chi connectivity index (χ1v) is 12.6. The largest absolute Gasteiger partial charge is 0.482 e. The van der Waals surface area contributed by atoms with E-state index in [0.717, 1.165) is 19.3 Å². The number of thiol groups is 1. The predicted octanol–water partition coefficient (Wildman–Crippen LogP) is 2.47. The highest BCUT2D eigenvalue weighted by Gasteiger charge is 2.50. The Bertz CT molecular complexity index is 993. The Kier molecular flexibility index (Phi) is 7.94. The number of halogens is 2. The number of amides is 3. The second-order valence-corrected chi connectivity index (χ2v) is 10.4. The van der Waals surface area contributed by atoms with E-state index >= 15 is 0 Å². The topological polar surface area (TPSA) is 105 Å². The van der Waals surface area contributed by atoms with Crippen molar-refractivity contribution in [3.63, 3.8) is 0 Å². The Balaban J connectivity index is 1.44. The summed E-state index contributed by atoms with van der Waals surface area (Å²) < 4.78 is 5.61. The number of ether oxygens (including phenoxy) is 1. The van der Waals surface area contributed by atoms with Crippen molar-refractivity contribution in [3.05, 3.63) is 28.2 Å². The van der Waals surface area contributed by atoms with Gasteiger partial charge in [0.1, 0.15) is 11.8 Å². The lowest BCUT2D eigenvalue weighted by molar-refractivity contribution is -0.141. The van der Waals surface area contributed by atoms with E-state index in [1.807, 2.05) is 0 Å². The van der Waals surface area contributed by atoms with Crippen molar-refractivity contribution in [2.45, 2.75) is 44.2 Å². The molecule has 2 saturated heterocycles. The van der Waals surface area contributed by atoms with Gasteiger partial charge in [-0.3, -0.25) is 19.2 Å². The minimum Gasteiger partial charge on any atom is -0.482 e. The average Bonchev–Trinajstić information content (AvgIpc) is 3.48. The Morgan fingerprint density at radius 3 is 2.71 bits per heavy atom. The van der Waals surface area contributed by atoms with E-state index < -0.39 is 23.1 Å². The Labute approximate surface area is 213 Å². The van der Waals surface area contributed by atoms with Gasteiger partial charge >= 0.3 is 0 Å². The number of fused-ring (bicyclic) bond motifs is 1. The van der Waals surface area contributed by atoms with E-state index in [2.05, 4.69) is 23.3 Å². The van der Waals surface area contributed by atoms with Crippen LogP contribution in [-0.4, -0.2) is 59.5 Å². The number of hydrogen-bond donors (Lipinski definition) is 3. The summed E-state index contributed by atoms with van der Waals surface area (Å²) in [5.74, 6) is -0.615. The van der Waals surface area contributed by atoms with E-state index in [1.165, 1.54) is 6.07 Å². The van der Waals surface area contributed by atoms with Crippen LogP contribution < -0.4 is 15.4 Å². The van der Waals surface area contributed by atoms with Gasteiger partial charge in [0.2, 0.25) is 16.9 Å². The van der Waals surface area contributed by atoms with Crippen LogP contribution in [0, 0.1) is 17.8 Å². The molecule has 3 amide bonds. The molecule has 8 nitrogen and oxygen atoms in total. The number of rotatable bonds is 8. The molecule has 3 fully saturated rings. The molecule has 184 valence electrons. The Morgan fingerprint density at radius 2 is 2.03 bits per heavy atom. The minimum absolute atomic E-state index is 0.0218. The second-order valence-electron chi connectivity index (χ2n) is 9.12. The van der Waals surface area contributed by atoms with E-state index in [1.54, 1.807) is 17.0 Å². The van der Waals surface area contributed by atoms with Crippen molar-refractivity contribution >= 4 is 58.7 Å². The number of carbonyl (C=O) groups excluding carboxylic acids is 4. The zero-order chi connectivity index (χ0) is 24.4. The highest BCUT2D eigenvalue weighted by molar-refractivity contribution is 7.96. The summed E-state index contributed by atoms with van der Waals surface area (Å²) >= 11 is 16.0. The molecule has 1 aromatic rings. The molecule has 1 saturated carbocycles. The van der Waals surface area contributed by atoms with Crippen LogP contribution in [0.1, 0.15) is 32.1 Å². The predicted molar refractivity (Wildman–Crippen MR) is 130 cm³/mol. The van der Waals surface area contributed by atoms with Crippen molar-refractivity contribution in [2.24, 2.45) is 17.8 Å². The van der Waals surface area contributed by atoms with E-state index in [9.17, 15) is 19.2 Å². The lowest BCUT2D eigenvalue weighted by atomic mass is 9.92. The van der Waals surface area contributed by atoms with Crippen LogP contribution in [0.3, 0.4) is 0 Å². The summed E-state index contributed by atoms with van der Waals surface area (Å²) in [7, 11) is 0. The maximum atomic E-state index is 13.4. The first-order chi connectivity index (χ1) is 16.2. The summed E-state index contributed by atoms with van der Waals surface area (Å²) in [6.07, 6.45) is 3.57. The zero-order valence-corrected chi connectivity index (χ0v) is 20.9. The molecule has 0 unspecified atom stereocenters. The van der Waals surface area contributed by atoms with Crippen molar-refractivity contribution in [2.75, 3.05) is 19.7 Å². The van der Waals surface area contributed by atoms with Crippen LogP contribution in [0.2, 0.25) is 10.0 Å². The van der Waals surface area contributed by atoms with Crippen molar-refractivity contribution in [1.29, 1.82) is 0 Å². The summed E-state index contributed by atoms with van der Waals surface area (Å²) in [6, 6.07) is 3.13. The van der Waals surface area contributed by atoms with Gasteiger partial charge in [0, 0.05) is 24.0 Å². The van der Waals surface area contributed by atoms with Gasteiger partial charge in [0.15, 0.2) is 6.61 Å². The highest BCUT2D eigenvalue weighted by atomic mass is 35.5. The highest BCUT2D eigenvalue weighted by Crippen LogP contribution is 2.42. The number of nitrogens with zero attached hydrogens (tertiary/aromatic N) is 1. The SMILES string of the molecule is O=C1NCC[C@H]1C[C@H](NC(=O)[C@@H]1[C@H]2CCC[C@H]2CN1C(=O)COc1ccc(Cl)cc1Cl)C(=O)S. The van der Waals surface area contributed by atoms with Crippen LogP contribution in [0.25, 0.3) is 0 Å². The van der Waals surface area contributed by atoms with E-state index in [4.69, 9.17) is 27.9 Å². The normalized spacial score (nSPS) is 26.7. The number of nitrogens with one attached hydrogen (secondary N) is 2. The summed E-state index contributed by atoms with van der Waals surface area (Å²) in [5.41, 5.74) is 0. The molecule has 0 aromatic heterocycles. The number of likely N-dealkylation sites (tertiary alicyclic amines) is 1. The first kappa shape index (κ1) is 25.1. The standard InChI is InChI=1S/C23H27Cl2N3O5S/c24-14-4-5-18(16(25)9-14)33-11-19(29)28-10-13-2-1-3-15(13)20(28)22(31)27-17(23(32)34)8-12-6-7-26-21(12)30/h4-5,9,12-13,15,17,20H,1-3,6-8,10-11H2,(H,26,30)(H,27,31)(H,32,34)/t12-,13-,15-,17-,20-/m0/s1. The fraction of sp³-hybridized carbons (Fsp3) is 0.565. The maximum Gasteiger partial charge on any atom is 0.261 e. The smallest absolute Gasteiger partial charge is 0.261 e. The molecule has 3 aliphatic rings. The van der Waals surface area contributed by atoms with Gasteiger partial charge in [0.05, 0.1) is 11.1 Å². The molecular formula is C23H27Cl2N3O5S. The second kappa shape index (κ2) is 10.7. The van der Waals surface area contributed by atoms with Crippen molar-refractivity contribution < 1.29 is 23.9 Å². The van der Waals surface area contributed by atoms with Crippen molar-refractivity contribution in [3.8, 4) is 5.75 Å². The van der Waals surface area contributed by atoms with Crippen molar-refractivity contribution in [1.82, 2.24) is 15.5 Å². The van der Waals surface area contributed by atoms with E-state index in [-0.39, 0.29) is 42.6 Å². The molecule has 2 heterocycles. The third-order valence-electron chi connectivity index (χ3n) is 7.02. The number of carbonyl (C=O) groups is 4. The van der Waals surface area contributed by atoms with Crippen LogP contribution in [0.5, 0.6) is 5.75 Å². The molecule has 11 heteroatoms. The van der Waals surface area contributed by atoms with Gasteiger partial charge in [-0.05, 0) is 55.7 Å². The maximum absolute atomic E-state index is 13.4. The average molecular weight is 528 g/mol. The van der Waals surface area contributed by atoms with Crippen LogP contribution in [0.4, 0.5) is 0 Å². The van der Waals surface area contributed by atoms with E-state index in [0.29, 0.717) is 35.3 Å². The van der Waals surface area contributed by atoms with Crippen LogP contribution in [0.15, 0.2) is 18.2 Å². The molecule has 0 spiro atoms. The first-order valence-electron chi connectivity index (χ1n) is 11.4. The third kappa shape index (κ3) is 5.47. The molecule has 2 N–H and O–H groups in total. The molecule has 34 heavy (non-hydrogen) atoms. The van der Waals surface area contributed by atoms with Gasteiger partial charge < -0.3 is 20.3 Å². The molecular weight excluding hydrogens is 501 g/mol. The van der Waals surface area contributed by atoms with Gasteiger partial charge in [0.25, 0.3) is 5.91 Å². The minimum atomic E-state index is -0.897. The quantitative estimate of drug-likeness (QED) is 0.450. The van der Waals surface area contributed by atoms with Gasteiger partial charge in [-0.2, -0.15) is 0 Å². The third-order valence-corrected chi connectivity index (χ3v) is 7.86. The molecule has 1 aromatic carbocycles. The fourth-order valence-corrected chi connectivity index (χ4v) is 5.98. The summed E-state index contributed by atoms with van der Waals surface area (Å²) in [4.78, 5) is 52.1. The van der Waals surface area contributed by atoms with Gasteiger partial charge in [-0.25, -0.2) is 0 Å². The lowest BCUT2D eigenvalue weighted by Gasteiger charge is -2.29. The molecule has 0 radical (unpaired) electrons.